The second-order valence-electron chi connectivity index (χ2n) is 20.3. The molecule has 2 atom stereocenters. The van der Waals surface area contributed by atoms with Crippen LogP contribution in [0, 0.1) is 13.8 Å². The lowest BCUT2D eigenvalue weighted by Crippen LogP contribution is -2.45. The van der Waals surface area contributed by atoms with Crippen molar-refractivity contribution in [1.29, 1.82) is 0 Å². The van der Waals surface area contributed by atoms with Crippen LogP contribution in [0.5, 0.6) is 5.75 Å². The van der Waals surface area contributed by atoms with Crippen molar-refractivity contribution in [2.75, 3.05) is 51.6 Å². The maximum atomic E-state index is 14.3. The molecule has 90 heavy (non-hydrogen) atoms. The first-order chi connectivity index (χ1) is 42.7. The van der Waals surface area contributed by atoms with Gasteiger partial charge >= 0.3 is 11.9 Å². The molecule has 2 unspecified atom stereocenters. The highest BCUT2D eigenvalue weighted by Crippen LogP contribution is 2.42. The number of nitrogens with zero attached hydrogens (tertiary/aromatic N) is 10. The standard InChI is InChI=1S/C34H43Cl3N6O6S.C23H24ClN7O7S2/c1-5-7-8-9-10-11-12-13-14-15-18-49-27-17-16-23(35)20-26(27)38-33(44)31(43-22(3)29(40-41-43)34(45)48-6-2)32-39-30-25(37)19-24(36)21-28(30)50(46,47)42(32)4;1-5-38-23(33)20-26-12-31(29-20)19(21-27-16-9-7-14(24)10-18(16)40(36,37)30(21)4)22(32)28-17-11-15(8-6-13(17)2)39(34,35)25-3/h16-17,19-21,31H,5-15,18H2,1-4H3,(H,38,44);6-12,19,25H,5H2,1-4H3,(H,28,32). The van der Waals surface area contributed by atoms with Gasteiger partial charge in [-0.1, -0.05) is 122 Å². The zero-order valence-corrected chi connectivity index (χ0v) is 55.8. The van der Waals surface area contributed by atoms with Gasteiger partial charge in [0.1, 0.15) is 27.6 Å². The quantitative estimate of drug-likeness (QED) is 0.0336. The van der Waals surface area contributed by atoms with Crippen LogP contribution >= 0.6 is 46.4 Å². The number of ether oxygens (including phenoxy) is 3. The Kier molecular flexibility index (Phi) is 24.0. The fourth-order valence-electron chi connectivity index (χ4n) is 9.30. The fourth-order valence-corrected chi connectivity index (χ4v) is 13.8. The molecule has 4 heterocycles. The molecule has 0 bridgehead atoms. The van der Waals surface area contributed by atoms with Gasteiger partial charge in [0, 0.05) is 34.9 Å². The first-order valence-corrected chi connectivity index (χ1v) is 34.3. The number of aryl methyl sites for hydroxylation is 1. The van der Waals surface area contributed by atoms with Crippen molar-refractivity contribution in [3.8, 4) is 5.75 Å². The summed E-state index contributed by atoms with van der Waals surface area (Å²) < 4.78 is 101. The molecular formula is C57H67Cl4N13O13S3. The molecule has 6 aromatic rings. The number of aromatic nitrogens is 6. The summed E-state index contributed by atoms with van der Waals surface area (Å²) in [5.74, 6) is -3.77. The van der Waals surface area contributed by atoms with Crippen LogP contribution in [0.15, 0.2) is 97.7 Å². The number of hydrogen-bond donors (Lipinski definition) is 3. The summed E-state index contributed by atoms with van der Waals surface area (Å²) in [6.07, 6.45) is 12.9. The Morgan fingerprint density at radius 2 is 1.23 bits per heavy atom. The number of halogens is 4. The minimum atomic E-state index is -4.29. The first-order valence-electron chi connectivity index (χ1n) is 28.4. The second-order valence-corrected chi connectivity index (χ2v) is 27.8. The van der Waals surface area contributed by atoms with Gasteiger partial charge in [0.05, 0.1) is 46.8 Å². The molecule has 0 saturated heterocycles. The molecule has 4 aromatic carbocycles. The van der Waals surface area contributed by atoms with E-state index in [4.69, 9.17) is 60.6 Å². The number of esters is 2. The normalized spacial score (nSPS) is 14.6. The van der Waals surface area contributed by atoms with E-state index in [2.05, 4.69) is 52.7 Å². The van der Waals surface area contributed by atoms with Gasteiger partial charge in [-0.25, -0.2) is 63.9 Å². The van der Waals surface area contributed by atoms with Crippen molar-refractivity contribution in [2.24, 2.45) is 9.98 Å². The van der Waals surface area contributed by atoms with Crippen molar-refractivity contribution in [3.05, 3.63) is 116 Å². The van der Waals surface area contributed by atoms with Crippen LogP contribution in [-0.4, -0.2) is 140 Å². The number of fused-ring (bicyclic) bond motifs is 2. The summed E-state index contributed by atoms with van der Waals surface area (Å²) >= 11 is 24.9. The number of carbonyl (C=O) groups is 4. The van der Waals surface area contributed by atoms with E-state index >= 15 is 0 Å². The van der Waals surface area contributed by atoms with Gasteiger partial charge in [-0.3, -0.25) is 18.2 Å². The number of unbranched alkanes of at least 4 members (excludes halogenated alkanes) is 9. The Hall–Kier alpha value is -7.25. The summed E-state index contributed by atoms with van der Waals surface area (Å²) in [6.45, 7) is 9.15. The Balaban J connectivity index is 0.000000262. The third-order valence-electron chi connectivity index (χ3n) is 14.2. The van der Waals surface area contributed by atoms with Crippen LogP contribution < -0.4 is 20.1 Å². The highest BCUT2D eigenvalue weighted by Gasteiger charge is 2.43. The summed E-state index contributed by atoms with van der Waals surface area (Å²) in [5, 5.41) is 18.1. The molecule has 8 rings (SSSR count). The van der Waals surface area contributed by atoms with E-state index in [1.165, 1.54) is 128 Å². The summed E-state index contributed by atoms with van der Waals surface area (Å²) in [7, 11) is -8.66. The number of rotatable bonds is 26. The Morgan fingerprint density at radius 3 is 1.89 bits per heavy atom. The van der Waals surface area contributed by atoms with Crippen molar-refractivity contribution >= 4 is 135 Å². The molecule has 26 nitrogen and oxygen atoms in total. The van der Waals surface area contributed by atoms with E-state index in [9.17, 15) is 44.4 Å². The summed E-state index contributed by atoms with van der Waals surface area (Å²) in [4.78, 5) is 65.3. The van der Waals surface area contributed by atoms with E-state index in [1.807, 2.05) is 0 Å². The van der Waals surface area contributed by atoms with Gasteiger partial charge in [0.2, 0.25) is 10.0 Å². The van der Waals surface area contributed by atoms with Crippen molar-refractivity contribution in [1.82, 2.24) is 43.1 Å². The van der Waals surface area contributed by atoms with E-state index in [0.717, 1.165) is 43.6 Å². The molecule has 484 valence electrons. The molecule has 0 saturated carbocycles. The lowest BCUT2D eigenvalue weighted by Gasteiger charge is -2.31. The maximum Gasteiger partial charge on any atom is 0.378 e. The molecule has 0 spiro atoms. The van der Waals surface area contributed by atoms with E-state index in [0.29, 0.717) is 22.9 Å². The number of likely N-dealkylation sites (N-methyl/N-ethyl adjacent to an activating group) is 2. The topological polar surface area (TPSA) is 327 Å². The van der Waals surface area contributed by atoms with Crippen molar-refractivity contribution < 1.29 is 58.6 Å². The lowest BCUT2D eigenvalue weighted by atomic mass is 10.1. The van der Waals surface area contributed by atoms with Gasteiger partial charge < -0.3 is 24.8 Å². The SMILES string of the molecule is CCCCCCCCCCCCOc1ccc(Cl)cc1NC(=O)C(C1=Nc2c(Cl)cc(Cl)cc2S(=O)(=O)N1C)n1nnc(C(=O)OCC)c1C.CCOC(=O)c1ncn(C(C(=O)Nc2cc(S(=O)(=O)NC)ccc2C)C2=Nc3ccc(Cl)cc3S(=O)(=O)N2C)n1. The van der Waals surface area contributed by atoms with Gasteiger partial charge in [-0.05, 0) is 107 Å². The average molecular weight is 1380 g/mol. The third-order valence-corrected chi connectivity index (χ3v) is 20.1. The molecule has 0 radical (unpaired) electrons. The molecule has 2 aliphatic rings. The minimum Gasteiger partial charge on any atom is -0.491 e. The van der Waals surface area contributed by atoms with Crippen LogP contribution in [0.25, 0.3) is 0 Å². The number of amidine groups is 2. The number of aliphatic imine (C=N–C) groups is 2. The largest absolute Gasteiger partial charge is 0.491 e. The van der Waals surface area contributed by atoms with Gasteiger partial charge in [0.15, 0.2) is 29.4 Å². The lowest BCUT2D eigenvalue weighted by molar-refractivity contribution is -0.118. The predicted octanol–water partition coefficient (Wildman–Crippen LogP) is 10.4. The summed E-state index contributed by atoms with van der Waals surface area (Å²) in [6, 6.07) is 12.4. The average Bonchev–Trinajstić information content (AvgIpc) is 0.931. The summed E-state index contributed by atoms with van der Waals surface area (Å²) in [5.41, 5.74) is 0.794. The third kappa shape index (κ3) is 16.3. The number of hydrogen-bond acceptors (Lipinski definition) is 19. The van der Waals surface area contributed by atoms with Crippen LogP contribution in [0.1, 0.15) is 129 Å². The smallest absolute Gasteiger partial charge is 0.378 e. The van der Waals surface area contributed by atoms with Gasteiger partial charge in [-0.15, -0.1) is 10.2 Å². The van der Waals surface area contributed by atoms with Crippen LogP contribution in [0.3, 0.4) is 0 Å². The minimum absolute atomic E-state index is 0.0272. The fraction of sp³-hybridized carbons (Fsp3) is 0.404. The molecule has 3 N–H and O–H groups in total. The van der Waals surface area contributed by atoms with Crippen LogP contribution in [0.2, 0.25) is 20.1 Å². The molecule has 33 heteroatoms. The number of carbonyl (C=O) groups excluding carboxylic acids is 4. The number of amides is 2. The first kappa shape index (κ1) is 70.2. The monoisotopic (exact) mass is 1380 g/mol. The van der Waals surface area contributed by atoms with Crippen LogP contribution in [-0.2, 0) is 49.1 Å². The number of benzene rings is 4. The molecule has 2 aliphatic heterocycles. The Bertz CT molecular complexity index is 4090. The molecule has 2 aromatic heterocycles. The Labute approximate surface area is 541 Å². The molecule has 2 amide bonds. The van der Waals surface area contributed by atoms with E-state index < -0.39 is 65.9 Å². The Morgan fingerprint density at radius 1 is 0.656 bits per heavy atom. The zero-order chi connectivity index (χ0) is 65.8. The molecule has 0 aliphatic carbocycles. The zero-order valence-electron chi connectivity index (χ0n) is 50.3. The van der Waals surface area contributed by atoms with Crippen molar-refractivity contribution in [3.63, 3.8) is 0 Å². The number of nitrogens with one attached hydrogen (secondary N) is 3. The predicted molar refractivity (Wildman–Crippen MR) is 340 cm³/mol. The molecular weight excluding hydrogens is 1310 g/mol. The highest BCUT2D eigenvalue weighted by molar-refractivity contribution is 7.90. The van der Waals surface area contributed by atoms with Gasteiger partial charge in [0.25, 0.3) is 37.7 Å². The number of sulfonamides is 3. The molecule has 0 fully saturated rings. The maximum absolute atomic E-state index is 14.3. The van der Waals surface area contributed by atoms with Gasteiger partial charge in [-0.2, -0.15) is 0 Å². The second kappa shape index (κ2) is 30.7. The van der Waals surface area contributed by atoms with Crippen molar-refractivity contribution in [2.45, 2.75) is 126 Å². The number of anilines is 2. The highest BCUT2D eigenvalue weighted by atomic mass is 35.5. The van der Waals surface area contributed by atoms with Crippen LogP contribution in [0.4, 0.5) is 22.7 Å². The van der Waals surface area contributed by atoms with E-state index in [-0.39, 0.29) is 94.6 Å². The van der Waals surface area contributed by atoms with E-state index in [1.54, 1.807) is 32.9 Å².